The van der Waals surface area contributed by atoms with E-state index >= 15 is 0 Å². The van der Waals surface area contributed by atoms with E-state index in [2.05, 4.69) is 9.97 Å². The highest BCUT2D eigenvalue weighted by Crippen LogP contribution is 2.35. The lowest BCUT2D eigenvalue weighted by atomic mass is 10.0. The van der Waals surface area contributed by atoms with Crippen LogP contribution in [0.5, 0.6) is 0 Å². The average molecular weight is 503 g/mol. The molecule has 0 radical (unpaired) electrons. The molecule has 9 nitrogen and oxygen atoms in total. The quantitative estimate of drug-likeness (QED) is 0.463. The van der Waals surface area contributed by atoms with Gasteiger partial charge in [0.05, 0.1) is 31.6 Å². The number of fused-ring (bicyclic) bond motifs is 1. The van der Waals surface area contributed by atoms with Crippen LogP contribution in [0.2, 0.25) is 0 Å². The zero-order valence-electron chi connectivity index (χ0n) is 20.2. The molecule has 0 spiro atoms. The van der Waals surface area contributed by atoms with E-state index in [1.165, 1.54) is 17.1 Å². The second-order valence-corrected chi connectivity index (χ2v) is 9.82. The molecule has 0 atom stereocenters. The number of amides is 1. The molecule has 186 valence electrons. The molecule has 4 rings (SSSR count). The number of aromatic nitrogens is 3. The van der Waals surface area contributed by atoms with E-state index in [-0.39, 0.29) is 36.1 Å². The number of nitrogens with zero attached hydrogens (tertiary/aromatic N) is 4. The number of ketones is 1. The van der Waals surface area contributed by atoms with Gasteiger partial charge in [-0.1, -0.05) is 24.3 Å². The van der Waals surface area contributed by atoms with Crippen LogP contribution in [0.15, 0.2) is 36.5 Å². The molecule has 1 aliphatic heterocycles. The van der Waals surface area contributed by atoms with Crippen LogP contribution in [0.4, 0.5) is 14.5 Å². The number of carbonyl (C=O) groups excluding carboxylic acids is 2. The van der Waals surface area contributed by atoms with Gasteiger partial charge in [-0.25, -0.2) is 18.7 Å². The lowest BCUT2D eigenvalue weighted by molar-refractivity contribution is -0.149. The first-order valence-electron chi connectivity index (χ1n) is 11.1. The van der Waals surface area contributed by atoms with Gasteiger partial charge in [0.2, 0.25) is 0 Å². The fraction of sp³-hybridized carbons (Fsp3) is 0.417. The van der Waals surface area contributed by atoms with Gasteiger partial charge in [0.1, 0.15) is 16.9 Å². The second-order valence-electron chi connectivity index (χ2n) is 9.32. The van der Waals surface area contributed by atoms with E-state index in [1.807, 2.05) is 31.2 Å². The predicted octanol–water partition coefficient (Wildman–Crippen LogP) is 5.03. The molecule has 0 N–H and O–H groups in total. The van der Waals surface area contributed by atoms with Crippen LogP contribution < -0.4 is 4.90 Å². The van der Waals surface area contributed by atoms with Crippen molar-refractivity contribution in [2.24, 2.45) is 0 Å². The van der Waals surface area contributed by atoms with Crippen LogP contribution in [-0.4, -0.2) is 51.2 Å². The summed E-state index contributed by atoms with van der Waals surface area (Å²) in [6.07, 6.45) is 0.603. The molecule has 1 saturated heterocycles. The van der Waals surface area contributed by atoms with Crippen LogP contribution in [0.25, 0.3) is 22.4 Å². The maximum Gasteiger partial charge on any atom is 0.416 e. The molecule has 3 aromatic rings. The van der Waals surface area contributed by atoms with Gasteiger partial charge in [-0.15, -0.1) is 3.89 Å². The summed E-state index contributed by atoms with van der Waals surface area (Å²) < 4.78 is 32.1. The average Bonchev–Trinajstić information content (AvgIpc) is 3.40. The van der Waals surface area contributed by atoms with Crippen LogP contribution in [0.1, 0.15) is 40.2 Å². The third-order valence-corrected chi connectivity index (χ3v) is 5.84. The number of anilines is 1. The Labute approximate surface area is 207 Å². The first-order valence-corrected chi connectivity index (χ1v) is 11.7. The lowest BCUT2D eigenvalue weighted by Crippen LogP contribution is -2.40. The zero-order valence-corrected chi connectivity index (χ0v) is 21.0. The summed E-state index contributed by atoms with van der Waals surface area (Å²) in [7, 11) is 0. The Morgan fingerprint density at radius 3 is 2.46 bits per heavy atom. The number of rotatable bonds is 6. The fourth-order valence-electron chi connectivity index (χ4n) is 3.75. The molecule has 2 aromatic heterocycles. The Hall–Kier alpha value is -3.02. The molecular weight excluding hydrogens is 475 g/mol. The normalized spacial score (nSPS) is 15.4. The number of ether oxygens (including phenoxy) is 3. The highest BCUT2D eigenvalue weighted by molar-refractivity contribution is 7.93. The first-order chi connectivity index (χ1) is 16.5. The molecule has 0 unspecified atom stereocenters. The molecule has 0 aliphatic carbocycles. The van der Waals surface area contributed by atoms with Gasteiger partial charge in [-0.3, -0.25) is 9.69 Å². The van der Waals surface area contributed by atoms with E-state index in [9.17, 15) is 13.5 Å². The summed E-state index contributed by atoms with van der Waals surface area (Å²) in [5.41, 5.74) is 1.99. The fourth-order valence-corrected chi connectivity index (χ4v) is 4.19. The van der Waals surface area contributed by atoms with E-state index < -0.39 is 17.5 Å². The standard InChI is InChI=1S/C24H27FN4O5S/c1-15(30)14-28(22(31)34-23(2,3)4)20-13-26-21-18(27-20)12-19(29(21)35-25)16-6-8-17(9-7-16)24(5)32-10-11-33-24/h6-9,12-13H,10-11,14H2,1-5H3. The van der Waals surface area contributed by atoms with Crippen molar-refractivity contribution in [3.63, 3.8) is 0 Å². The van der Waals surface area contributed by atoms with Gasteiger partial charge in [-0.05, 0) is 46.2 Å². The molecule has 1 amide bonds. The maximum atomic E-state index is 14.0. The smallest absolute Gasteiger partial charge is 0.416 e. The highest BCUT2D eigenvalue weighted by Gasteiger charge is 2.33. The maximum absolute atomic E-state index is 14.0. The molecular formula is C24H27FN4O5S. The van der Waals surface area contributed by atoms with Gasteiger partial charge in [0, 0.05) is 5.56 Å². The van der Waals surface area contributed by atoms with Gasteiger partial charge in [0.25, 0.3) is 0 Å². The number of Topliss-reactive ketones (excluding diaryl/α,β-unsaturated/α-hetero) is 1. The number of hydrogen-bond acceptors (Lipinski definition) is 8. The summed E-state index contributed by atoms with van der Waals surface area (Å²) in [5.74, 6) is -0.924. The summed E-state index contributed by atoms with van der Waals surface area (Å²) in [6, 6.07) is 9.11. The lowest BCUT2D eigenvalue weighted by Gasteiger charge is -2.25. The molecule has 0 saturated carbocycles. The van der Waals surface area contributed by atoms with Crippen molar-refractivity contribution in [3.8, 4) is 11.3 Å². The van der Waals surface area contributed by atoms with Crippen molar-refractivity contribution >= 4 is 41.2 Å². The van der Waals surface area contributed by atoms with Crippen molar-refractivity contribution in [2.45, 2.75) is 46.0 Å². The SMILES string of the molecule is CC(=O)CN(C(=O)OC(C)(C)C)c1cnc2c(cc(-c3ccc(C4(C)OCCO4)cc3)n2SF)n1. The summed E-state index contributed by atoms with van der Waals surface area (Å²) >= 11 is -0.000312. The number of halogens is 1. The molecule has 0 bridgehead atoms. The largest absolute Gasteiger partial charge is 0.443 e. The van der Waals surface area contributed by atoms with Gasteiger partial charge in [-0.2, -0.15) is 0 Å². The summed E-state index contributed by atoms with van der Waals surface area (Å²) in [6.45, 7) is 9.22. The highest BCUT2D eigenvalue weighted by atomic mass is 32.2. The van der Waals surface area contributed by atoms with Crippen LogP contribution in [-0.2, 0) is 24.8 Å². The van der Waals surface area contributed by atoms with Crippen molar-refractivity contribution in [1.82, 2.24) is 13.9 Å². The minimum Gasteiger partial charge on any atom is -0.443 e. The summed E-state index contributed by atoms with van der Waals surface area (Å²) in [5, 5.41) is 0. The Morgan fingerprint density at radius 1 is 1.23 bits per heavy atom. The van der Waals surface area contributed by atoms with Crippen LogP contribution in [0.3, 0.4) is 0 Å². The van der Waals surface area contributed by atoms with Crippen molar-refractivity contribution in [2.75, 3.05) is 24.7 Å². The monoisotopic (exact) mass is 502 g/mol. The minimum absolute atomic E-state index is 0.000312. The third kappa shape index (κ3) is 5.31. The topological polar surface area (TPSA) is 95.8 Å². The van der Waals surface area contributed by atoms with Gasteiger partial charge >= 0.3 is 6.09 Å². The Bertz CT molecular complexity index is 1250. The summed E-state index contributed by atoms with van der Waals surface area (Å²) in [4.78, 5) is 34.5. The van der Waals surface area contributed by atoms with E-state index in [0.717, 1.165) is 16.0 Å². The third-order valence-electron chi connectivity index (χ3n) is 5.33. The van der Waals surface area contributed by atoms with Crippen molar-refractivity contribution < 1.29 is 27.7 Å². The number of carbonyl (C=O) groups is 2. The first kappa shape index (κ1) is 25.1. The second kappa shape index (κ2) is 9.56. The Morgan fingerprint density at radius 2 is 1.89 bits per heavy atom. The van der Waals surface area contributed by atoms with Gasteiger partial charge in [0.15, 0.2) is 29.6 Å². The molecule has 1 aromatic carbocycles. The van der Waals surface area contributed by atoms with E-state index in [4.69, 9.17) is 14.2 Å². The molecule has 11 heteroatoms. The van der Waals surface area contributed by atoms with Crippen molar-refractivity contribution in [1.29, 1.82) is 0 Å². The molecule has 1 aliphatic rings. The van der Waals surface area contributed by atoms with Crippen LogP contribution in [0, 0.1) is 0 Å². The predicted molar refractivity (Wildman–Crippen MR) is 131 cm³/mol. The van der Waals surface area contributed by atoms with E-state index in [1.54, 1.807) is 26.8 Å². The Kier molecular flexibility index (Phi) is 6.85. The Balaban J connectivity index is 1.71. The molecule has 3 heterocycles. The molecule has 35 heavy (non-hydrogen) atoms. The number of benzene rings is 1. The minimum atomic E-state index is -0.806. The van der Waals surface area contributed by atoms with Gasteiger partial charge < -0.3 is 14.2 Å². The van der Waals surface area contributed by atoms with Crippen molar-refractivity contribution in [3.05, 3.63) is 42.1 Å². The molecule has 1 fully saturated rings. The number of hydrogen-bond donors (Lipinski definition) is 0. The van der Waals surface area contributed by atoms with Crippen LogP contribution >= 0.6 is 12.3 Å². The zero-order chi connectivity index (χ0) is 25.4. The van der Waals surface area contributed by atoms with E-state index in [0.29, 0.717) is 24.4 Å².